The number of rotatable bonds is 6. The molecule has 0 spiro atoms. The van der Waals surface area contributed by atoms with Gasteiger partial charge in [0.1, 0.15) is 17.3 Å². The number of benzene rings is 3. The average molecular weight is 487 g/mol. The number of hydrogen-bond acceptors (Lipinski definition) is 6. The zero-order chi connectivity index (χ0) is 25.2. The minimum absolute atomic E-state index is 0.209. The first-order chi connectivity index (χ1) is 17.5. The number of nitrogens with zero attached hydrogens (tertiary/aromatic N) is 3. The summed E-state index contributed by atoms with van der Waals surface area (Å²) in [4.78, 5) is 19.5. The Morgan fingerprint density at radius 3 is 2.36 bits per heavy atom. The highest BCUT2D eigenvalue weighted by Crippen LogP contribution is 2.40. The first-order valence-electron chi connectivity index (χ1n) is 11.2. The maximum absolute atomic E-state index is 14.2. The number of halogens is 1. The van der Waals surface area contributed by atoms with Crippen LogP contribution in [0.25, 0.3) is 17.0 Å². The molecule has 1 N–H and O–H groups in total. The number of nitrogens with one attached hydrogen (secondary N) is 1. The Bertz CT molecular complexity index is 1430. The summed E-state index contributed by atoms with van der Waals surface area (Å²) in [6.45, 7) is 1.78. The van der Waals surface area contributed by atoms with Crippen molar-refractivity contribution >= 4 is 17.3 Å². The third-order valence-corrected chi connectivity index (χ3v) is 5.95. The zero-order valence-corrected chi connectivity index (χ0v) is 19.9. The van der Waals surface area contributed by atoms with Crippen LogP contribution in [-0.4, -0.2) is 30.4 Å². The highest BCUT2D eigenvalue weighted by Gasteiger charge is 2.37. The summed E-state index contributed by atoms with van der Waals surface area (Å²) in [6.07, 6.45) is 0. The number of carbonyl (C=O) groups excluding carboxylic acids is 1. The van der Waals surface area contributed by atoms with Crippen LogP contribution in [0.1, 0.15) is 24.4 Å². The predicted octanol–water partition coefficient (Wildman–Crippen LogP) is 5.60. The normalized spacial score (nSPS) is 15.6. The van der Waals surface area contributed by atoms with Crippen molar-refractivity contribution < 1.29 is 23.2 Å². The van der Waals surface area contributed by atoms with E-state index >= 15 is 0 Å². The molecule has 3 aromatic carbocycles. The molecule has 1 unspecified atom stereocenters. The summed E-state index contributed by atoms with van der Waals surface area (Å²) < 4.78 is 30.6. The Balaban J connectivity index is 1.68. The minimum Gasteiger partial charge on any atom is -0.497 e. The first kappa shape index (κ1) is 23.1. The topological polar surface area (TPSA) is 89.7 Å². The Kier molecular flexibility index (Phi) is 6.12. The van der Waals surface area contributed by atoms with Gasteiger partial charge in [0.25, 0.3) is 5.89 Å². The molecule has 0 saturated heterocycles. The van der Waals surface area contributed by atoms with Crippen molar-refractivity contribution in [3.05, 3.63) is 95.8 Å². The molecule has 2 heterocycles. The van der Waals surface area contributed by atoms with Crippen molar-refractivity contribution in [1.82, 2.24) is 15.5 Å². The molecular formula is C27H23FN4O4. The highest BCUT2D eigenvalue weighted by atomic mass is 19.1. The van der Waals surface area contributed by atoms with Gasteiger partial charge in [-0.3, -0.25) is 4.90 Å². The molecule has 1 atom stereocenters. The molecule has 1 aliphatic rings. The number of allylic oxidation sites excluding steroid dienone is 1. The standard InChI is InChI=1S/C27H23FN4O4/c1-16-23(26-30-25(31-36-26)17-8-5-4-6-9-17)24(18-10-7-11-19(28)12-18)29-27(33)32(16)20-13-21(34-2)15-22(14-20)35-3/h4-15,24H,1-3H3,(H,29,33). The Morgan fingerprint density at radius 1 is 0.972 bits per heavy atom. The average Bonchev–Trinajstić information content (AvgIpc) is 3.38. The van der Waals surface area contributed by atoms with E-state index in [4.69, 9.17) is 14.0 Å². The second-order valence-electron chi connectivity index (χ2n) is 8.13. The third kappa shape index (κ3) is 4.26. The van der Waals surface area contributed by atoms with Gasteiger partial charge in [0.05, 0.1) is 31.5 Å². The Hall–Kier alpha value is -4.66. The van der Waals surface area contributed by atoms with Crippen LogP contribution in [0.3, 0.4) is 0 Å². The fourth-order valence-electron chi connectivity index (χ4n) is 4.23. The fourth-order valence-corrected chi connectivity index (χ4v) is 4.23. The largest absolute Gasteiger partial charge is 0.497 e. The van der Waals surface area contributed by atoms with Crippen LogP contribution in [-0.2, 0) is 0 Å². The fraction of sp³-hybridized carbons (Fsp3) is 0.148. The van der Waals surface area contributed by atoms with E-state index in [1.54, 1.807) is 37.3 Å². The quantitative estimate of drug-likeness (QED) is 0.382. The van der Waals surface area contributed by atoms with Gasteiger partial charge in [-0.05, 0) is 24.6 Å². The minimum atomic E-state index is -0.721. The first-order valence-corrected chi connectivity index (χ1v) is 11.2. The molecule has 0 bridgehead atoms. The molecule has 1 aromatic heterocycles. The monoisotopic (exact) mass is 486 g/mol. The highest BCUT2D eigenvalue weighted by molar-refractivity contribution is 6.01. The van der Waals surface area contributed by atoms with E-state index in [1.807, 2.05) is 30.3 Å². The van der Waals surface area contributed by atoms with Gasteiger partial charge >= 0.3 is 6.03 Å². The van der Waals surface area contributed by atoms with E-state index in [2.05, 4.69) is 15.5 Å². The maximum atomic E-state index is 14.2. The van der Waals surface area contributed by atoms with Crippen LogP contribution in [0.2, 0.25) is 0 Å². The number of anilines is 1. The summed E-state index contributed by atoms with van der Waals surface area (Å²) in [6, 6.07) is 19.5. The van der Waals surface area contributed by atoms with Crippen molar-refractivity contribution in [2.45, 2.75) is 13.0 Å². The van der Waals surface area contributed by atoms with E-state index in [9.17, 15) is 9.18 Å². The number of amides is 2. The molecule has 8 nitrogen and oxygen atoms in total. The smallest absolute Gasteiger partial charge is 0.327 e. The second kappa shape index (κ2) is 9.53. The van der Waals surface area contributed by atoms with Gasteiger partial charge in [-0.1, -0.05) is 47.6 Å². The predicted molar refractivity (Wildman–Crippen MR) is 132 cm³/mol. The summed E-state index contributed by atoms with van der Waals surface area (Å²) in [7, 11) is 3.07. The van der Waals surface area contributed by atoms with Gasteiger partial charge in [-0.2, -0.15) is 4.98 Å². The summed E-state index contributed by atoms with van der Waals surface area (Å²) in [5, 5.41) is 7.11. The van der Waals surface area contributed by atoms with Crippen LogP contribution >= 0.6 is 0 Å². The molecule has 4 aromatic rings. The number of methoxy groups -OCH3 is 2. The van der Waals surface area contributed by atoms with Crippen molar-refractivity contribution in [1.29, 1.82) is 0 Å². The molecule has 5 rings (SSSR count). The molecule has 0 aliphatic carbocycles. The lowest BCUT2D eigenvalue weighted by Crippen LogP contribution is -2.46. The lowest BCUT2D eigenvalue weighted by molar-refractivity contribution is 0.244. The van der Waals surface area contributed by atoms with E-state index < -0.39 is 17.9 Å². The number of hydrogen-bond donors (Lipinski definition) is 1. The lowest BCUT2D eigenvalue weighted by Gasteiger charge is -2.35. The van der Waals surface area contributed by atoms with E-state index in [-0.39, 0.29) is 5.89 Å². The van der Waals surface area contributed by atoms with Crippen LogP contribution in [0.4, 0.5) is 14.9 Å². The van der Waals surface area contributed by atoms with Gasteiger partial charge < -0.3 is 19.3 Å². The van der Waals surface area contributed by atoms with Crippen LogP contribution < -0.4 is 19.7 Å². The van der Waals surface area contributed by atoms with Crippen molar-refractivity contribution in [2.24, 2.45) is 0 Å². The molecule has 0 fully saturated rings. The van der Waals surface area contributed by atoms with E-state index in [1.165, 1.54) is 31.3 Å². The Morgan fingerprint density at radius 2 is 1.69 bits per heavy atom. The Labute approximate surface area is 207 Å². The van der Waals surface area contributed by atoms with Gasteiger partial charge in [0.2, 0.25) is 5.82 Å². The molecule has 36 heavy (non-hydrogen) atoms. The number of carbonyl (C=O) groups is 1. The number of urea groups is 1. The SMILES string of the molecule is COc1cc(OC)cc(N2C(=O)NC(c3cccc(F)c3)C(c3nc(-c4ccccc4)no3)=C2C)c1. The van der Waals surface area contributed by atoms with Crippen molar-refractivity contribution in [2.75, 3.05) is 19.1 Å². The summed E-state index contributed by atoms with van der Waals surface area (Å²) in [5.74, 6) is 1.22. The molecule has 0 saturated carbocycles. The lowest BCUT2D eigenvalue weighted by atomic mass is 9.94. The molecule has 9 heteroatoms. The van der Waals surface area contributed by atoms with Crippen LogP contribution in [0.5, 0.6) is 11.5 Å². The molecule has 182 valence electrons. The second-order valence-corrected chi connectivity index (χ2v) is 8.13. The van der Waals surface area contributed by atoms with Gasteiger partial charge in [0, 0.05) is 29.5 Å². The molecule has 0 radical (unpaired) electrons. The molecular weight excluding hydrogens is 463 g/mol. The molecule has 2 amide bonds. The van der Waals surface area contributed by atoms with Gasteiger partial charge in [-0.15, -0.1) is 0 Å². The summed E-state index contributed by atoms with van der Waals surface area (Å²) in [5.41, 5.74) is 2.91. The zero-order valence-electron chi connectivity index (χ0n) is 19.9. The number of ether oxygens (including phenoxy) is 2. The number of aromatic nitrogens is 2. The van der Waals surface area contributed by atoms with E-state index in [0.29, 0.717) is 39.8 Å². The summed E-state index contributed by atoms with van der Waals surface area (Å²) >= 11 is 0. The van der Waals surface area contributed by atoms with Gasteiger partial charge in [-0.25, -0.2) is 9.18 Å². The maximum Gasteiger partial charge on any atom is 0.327 e. The molecule has 1 aliphatic heterocycles. The van der Waals surface area contributed by atoms with E-state index in [0.717, 1.165) is 5.56 Å². The van der Waals surface area contributed by atoms with Gasteiger partial charge in [0.15, 0.2) is 0 Å². The van der Waals surface area contributed by atoms with Crippen LogP contribution in [0.15, 0.2) is 83.0 Å². The van der Waals surface area contributed by atoms with Crippen molar-refractivity contribution in [3.8, 4) is 22.9 Å². The third-order valence-electron chi connectivity index (χ3n) is 5.95. The van der Waals surface area contributed by atoms with Crippen molar-refractivity contribution in [3.63, 3.8) is 0 Å². The van der Waals surface area contributed by atoms with Crippen LogP contribution in [0, 0.1) is 5.82 Å².